The number of aromatic nitrogens is 2. The molecule has 0 aromatic carbocycles. The molecule has 1 fully saturated rings. The van der Waals surface area contributed by atoms with Gasteiger partial charge < -0.3 is 10.8 Å². The summed E-state index contributed by atoms with van der Waals surface area (Å²) >= 11 is 0. The van der Waals surface area contributed by atoms with Crippen LogP contribution in [0, 0.1) is 0 Å². The molecule has 90 valence electrons. The van der Waals surface area contributed by atoms with Gasteiger partial charge in [-0.05, 0) is 25.7 Å². The highest BCUT2D eigenvalue weighted by Gasteiger charge is 2.29. The van der Waals surface area contributed by atoms with Crippen molar-refractivity contribution in [2.45, 2.75) is 51.2 Å². The van der Waals surface area contributed by atoms with Gasteiger partial charge in [-0.15, -0.1) is 0 Å². The number of nitrogens with two attached hydrogens (primary N) is 1. The monoisotopic (exact) mass is 225 g/mol. The van der Waals surface area contributed by atoms with Crippen LogP contribution >= 0.6 is 0 Å². The van der Waals surface area contributed by atoms with Gasteiger partial charge in [-0.25, -0.2) is 4.68 Å². The third-order valence-corrected chi connectivity index (χ3v) is 3.31. The summed E-state index contributed by atoms with van der Waals surface area (Å²) in [4.78, 5) is 11.9. The number of H-pyrrole nitrogens is 1. The quantitative estimate of drug-likeness (QED) is 0.711. The van der Waals surface area contributed by atoms with E-state index in [-0.39, 0.29) is 11.6 Å². The van der Waals surface area contributed by atoms with Gasteiger partial charge in [-0.2, -0.15) is 0 Å². The van der Waals surface area contributed by atoms with E-state index in [1.807, 2.05) is 6.92 Å². The Morgan fingerprint density at radius 3 is 2.88 bits per heavy atom. The highest BCUT2D eigenvalue weighted by Crippen LogP contribution is 2.29. The van der Waals surface area contributed by atoms with Crippen LogP contribution in [0.2, 0.25) is 0 Å². The molecule has 2 unspecified atom stereocenters. The summed E-state index contributed by atoms with van der Waals surface area (Å²) in [7, 11) is 0. The van der Waals surface area contributed by atoms with Crippen LogP contribution in [-0.4, -0.2) is 21.0 Å². The number of aliphatic hydroxyl groups is 1. The van der Waals surface area contributed by atoms with Crippen LogP contribution in [0.3, 0.4) is 0 Å². The molecule has 0 saturated heterocycles. The van der Waals surface area contributed by atoms with Gasteiger partial charge in [0.25, 0.3) is 5.56 Å². The predicted octanol–water partition coefficient (Wildman–Crippen LogP) is 0.797. The van der Waals surface area contributed by atoms with Crippen molar-refractivity contribution in [2.24, 2.45) is 0 Å². The van der Waals surface area contributed by atoms with Crippen molar-refractivity contribution in [1.82, 2.24) is 9.78 Å². The third-order valence-electron chi connectivity index (χ3n) is 3.31. The lowest BCUT2D eigenvalue weighted by molar-refractivity contribution is 0.128. The maximum absolute atomic E-state index is 11.9. The summed E-state index contributed by atoms with van der Waals surface area (Å²) in [6.07, 6.45) is 3.85. The molecule has 0 aliphatic heterocycles. The second-order valence-corrected chi connectivity index (χ2v) is 4.49. The second-order valence-electron chi connectivity index (χ2n) is 4.49. The first-order chi connectivity index (χ1) is 7.65. The van der Waals surface area contributed by atoms with Gasteiger partial charge >= 0.3 is 0 Å². The Bertz CT molecular complexity index is 421. The lowest BCUT2D eigenvalue weighted by atomic mass is 10.2. The predicted molar refractivity (Wildman–Crippen MR) is 62.4 cm³/mol. The van der Waals surface area contributed by atoms with Gasteiger partial charge in [-0.1, -0.05) is 13.3 Å². The van der Waals surface area contributed by atoms with E-state index in [0.717, 1.165) is 37.8 Å². The summed E-state index contributed by atoms with van der Waals surface area (Å²) in [5.74, 6) is 0. The summed E-state index contributed by atoms with van der Waals surface area (Å²) in [5, 5.41) is 12.8. The normalized spacial score (nSPS) is 25.1. The molecular weight excluding hydrogens is 206 g/mol. The molecule has 4 N–H and O–H groups in total. The zero-order chi connectivity index (χ0) is 11.7. The smallest absolute Gasteiger partial charge is 0.290 e. The first kappa shape index (κ1) is 11.3. The molecule has 1 aliphatic rings. The molecule has 5 heteroatoms. The standard InChI is InChI=1S/C11H19N3O2/c1-2-4-7-10(12)11(16)14(13-7)8-5-3-6-9(8)15/h8-9,13,15H,2-6,12H2,1H3. The van der Waals surface area contributed by atoms with Crippen LogP contribution in [0.5, 0.6) is 0 Å². The largest absolute Gasteiger partial charge is 0.393 e. The Labute approximate surface area is 94.2 Å². The molecule has 5 nitrogen and oxygen atoms in total. The summed E-state index contributed by atoms with van der Waals surface area (Å²) in [6.45, 7) is 2.04. The molecule has 0 amide bonds. The number of hydrogen-bond donors (Lipinski definition) is 3. The number of anilines is 1. The molecule has 1 aromatic heterocycles. The van der Waals surface area contributed by atoms with E-state index in [2.05, 4.69) is 5.10 Å². The van der Waals surface area contributed by atoms with Gasteiger partial charge in [0.05, 0.1) is 17.8 Å². The molecule has 0 spiro atoms. The minimum Gasteiger partial charge on any atom is -0.393 e. The fourth-order valence-electron chi connectivity index (χ4n) is 2.41. The van der Waals surface area contributed by atoms with Crippen LogP contribution in [-0.2, 0) is 6.42 Å². The molecule has 0 bridgehead atoms. The molecule has 1 aliphatic carbocycles. The number of aromatic amines is 1. The maximum atomic E-state index is 11.9. The number of aliphatic hydroxyl groups excluding tert-OH is 1. The third kappa shape index (κ3) is 1.75. The number of nitrogen functional groups attached to an aromatic ring is 1. The molecule has 2 atom stereocenters. The highest BCUT2D eigenvalue weighted by atomic mass is 16.3. The molecule has 0 radical (unpaired) electrons. The van der Waals surface area contributed by atoms with Crippen LogP contribution in [0.15, 0.2) is 4.79 Å². The molecule has 16 heavy (non-hydrogen) atoms. The van der Waals surface area contributed by atoms with Crippen LogP contribution in [0.4, 0.5) is 5.69 Å². The Hall–Kier alpha value is -1.23. The summed E-state index contributed by atoms with van der Waals surface area (Å²) in [5.41, 5.74) is 6.67. The van der Waals surface area contributed by atoms with Crippen molar-refractivity contribution in [3.8, 4) is 0 Å². The van der Waals surface area contributed by atoms with Gasteiger partial charge in [0.2, 0.25) is 0 Å². The minimum absolute atomic E-state index is 0.125. The number of nitrogens with one attached hydrogen (secondary N) is 1. The van der Waals surface area contributed by atoms with Crippen molar-refractivity contribution >= 4 is 5.69 Å². The summed E-state index contributed by atoms with van der Waals surface area (Å²) < 4.78 is 1.51. The molecular formula is C11H19N3O2. The van der Waals surface area contributed by atoms with E-state index >= 15 is 0 Å². The van der Waals surface area contributed by atoms with Crippen LogP contribution < -0.4 is 11.3 Å². The number of nitrogens with zero attached hydrogens (tertiary/aromatic N) is 1. The highest BCUT2D eigenvalue weighted by molar-refractivity contribution is 5.40. The lowest BCUT2D eigenvalue weighted by Crippen LogP contribution is -2.28. The Kier molecular flexibility index (Phi) is 3.05. The van der Waals surface area contributed by atoms with E-state index in [0.29, 0.717) is 5.69 Å². The SMILES string of the molecule is CCCc1[nH]n(C2CCCC2O)c(=O)c1N. The van der Waals surface area contributed by atoms with E-state index in [4.69, 9.17) is 5.73 Å². The van der Waals surface area contributed by atoms with E-state index in [9.17, 15) is 9.90 Å². The van der Waals surface area contributed by atoms with Crippen LogP contribution in [0.25, 0.3) is 0 Å². The van der Waals surface area contributed by atoms with E-state index in [1.165, 1.54) is 4.68 Å². The van der Waals surface area contributed by atoms with Crippen molar-refractivity contribution in [3.63, 3.8) is 0 Å². The fourth-order valence-corrected chi connectivity index (χ4v) is 2.41. The lowest BCUT2D eigenvalue weighted by Gasteiger charge is -2.14. The molecule has 2 rings (SSSR count). The average molecular weight is 225 g/mol. The molecule has 1 saturated carbocycles. The van der Waals surface area contributed by atoms with Gasteiger partial charge in [0.1, 0.15) is 5.69 Å². The van der Waals surface area contributed by atoms with Crippen molar-refractivity contribution in [3.05, 3.63) is 16.0 Å². The van der Waals surface area contributed by atoms with E-state index < -0.39 is 6.10 Å². The number of aryl methyl sites for hydroxylation is 1. The fraction of sp³-hybridized carbons (Fsp3) is 0.727. The topological polar surface area (TPSA) is 84.0 Å². The zero-order valence-corrected chi connectivity index (χ0v) is 9.57. The minimum atomic E-state index is -0.426. The molecule has 1 heterocycles. The van der Waals surface area contributed by atoms with Crippen LogP contribution in [0.1, 0.15) is 44.3 Å². The van der Waals surface area contributed by atoms with Crippen molar-refractivity contribution in [2.75, 3.05) is 5.73 Å². The number of rotatable bonds is 3. The Morgan fingerprint density at radius 2 is 2.31 bits per heavy atom. The Balaban J connectivity index is 2.34. The zero-order valence-electron chi connectivity index (χ0n) is 9.57. The first-order valence-electron chi connectivity index (χ1n) is 5.92. The second kappa shape index (κ2) is 4.33. The van der Waals surface area contributed by atoms with Gasteiger partial charge in [0, 0.05) is 0 Å². The van der Waals surface area contributed by atoms with Gasteiger partial charge in [-0.3, -0.25) is 9.89 Å². The summed E-state index contributed by atoms with van der Waals surface area (Å²) in [6, 6.07) is -0.125. The Morgan fingerprint density at radius 1 is 1.56 bits per heavy atom. The van der Waals surface area contributed by atoms with Crippen molar-refractivity contribution in [1.29, 1.82) is 0 Å². The first-order valence-corrected chi connectivity index (χ1v) is 5.92. The maximum Gasteiger partial charge on any atom is 0.290 e. The number of hydrogen-bond acceptors (Lipinski definition) is 3. The van der Waals surface area contributed by atoms with Crippen molar-refractivity contribution < 1.29 is 5.11 Å². The van der Waals surface area contributed by atoms with Gasteiger partial charge in [0.15, 0.2) is 0 Å². The average Bonchev–Trinajstić information content (AvgIpc) is 2.78. The van der Waals surface area contributed by atoms with E-state index in [1.54, 1.807) is 0 Å². The molecule has 1 aromatic rings.